The zero-order valence-corrected chi connectivity index (χ0v) is 9.87. The summed E-state index contributed by atoms with van der Waals surface area (Å²) in [5.41, 5.74) is 0.0761. The highest BCUT2D eigenvalue weighted by atomic mass is 79.9. The average Bonchev–Trinajstić information content (AvgIpc) is 2.98. The van der Waals surface area contributed by atoms with Crippen LogP contribution in [-0.2, 0) is 10.2 Å². The molecule has 1 aromatic rings. The highest BCUT2D eigenvalue weighted by molar-refractivity contribution is 9.10. The largest absolute Gasteiger partial charge is 0.496 e. The number of carboxylic acids is 1. The van der Waals surface area contributed by atoms with Gasteiger partial charge in [0.15, 0.2) is 0 Å². The zero-order valence-electron chi connectivity index (χ0n) is 8.29. The summed E-state index contributed by atoms with van der Waals surface area (Å²) >= 11 is 3.33. The van der Waals surface area contributed by atoms with Crippen molar-refractivity contribution in [2.24, 2.45) is 0 Å². The number of benzene rings is 1. The van der Waals surface area contributed by atoms with Crippen LogP contribution in [0.5, 0.6) is 5.75 Å². The number of hydrogen-bond donors (Lipinski definition) is 1. The molecule has 80 valence electrons. The molecule has 0 atom stereocenters. The van der Waals surface area contributed by atoms with E-state index in [1.165, 1.54) is 0 Å². The van der Waals surface area contributed by atoms with Crippen LogP contribution in [0.2, 0.25) is 0 Å². The minimum absolute atomic E-state index is 0.643. The second kappa shape index (κ2) is 3.52. The fourth-order valence-corrected chi connectivity index (χ4v) is 2.12. The number of carbonyl (C=O) groups is 1. The van der Waals surface area contributed by atoms with Gasteiger partial charge in [0.05, 0.1) is 12.5 Å². The Kier molecular flexibility index (Phi) is 2.46. The van der Waals surface area contributed by atoms with Gasteiger partial charge in [-0.2, -0.15) is 0 Å². The lowest BCUT2D eigenvalue weighted by Gasteiger charge is -2.14. The van der Waals surface area contributed by atoms with Crippen LogP contribution in [0.1, 0.15) is 18.4 Å². The molecule has 1 fully saturated rings. The zero-order chi connectivity index (χ0) is 11.1. The molecule has 1 aromatic carbocycles. The van der Waals surface area contributed by atoms with E-state index < -0.39 is 11.4 Å². The molecule has 15 heavy (non-hydrogen) atoms. The van der Waals surface area contributed by atoms with Gasteiger partial charge in [-0.15, -0.1) is 0 Å². The van der Waals surface area contributed by atoms with Crippen LogP contribution in [-0.4, -0.2) is 18.2 Å². The number of carboxylic acid groups (broad SMARTS) is 1. The van der Waals surface area contributed by atoms with E-state index in [4.69, 9.17) is 4.74 Å². The van der Waals surface area contributed by atoms with Gasteiger partial charge in [0.2, 0.25) is 0 Å². The second-order valence-electron chi connectivity index (χ2n) is 3.73. The van der Waals surface area contributed by atoms with Gasteiger partial charge in [0.1, 0.15) is 5.75 Å². The van der Waals surface area contributed by atoms with Crippen molar-refractivity contribution in [3.63, 3.8) is 0 Å². The molecule has 2 rings (SSSR count). The number of aliphatic carboxylic acids is 1. The molecule has 1 aliphatic rings. The Morgan fingerprint density at radius 1 is 1.53 bits per heavy atom. The Balaban J connectivity index is 2.48. The molecule has 0 saturated heterocycles. The lowest BCUT2D eigenvalue weighted by Crippen LogP contribution is -2.20. The molecule has 0 amide bonds. The molecule has 0 aromatic heterocycles. The maximum absolute atomic E-state index is 11.2. The van der Waals surface area contributed by atoms with Gasteiger partial charge in [0.25, 0.3) is 0 Å². The molecule has 0 radical (unpaired) electrons. The predicted molar refractivity (Wildman–Crippen MR) is 59.2 cm³/mol. The SMILES string of the molecule is COc1cc(Br)ccc1C1(C(=O)O)CC1. The van der Waals surface area contributed by atoms with Crippen LogP contribution >= 0.6 is 15.9 Å². The first-order chi connectivity index (χ1) is 7.10. The number of rotatable bonds is 3. The van der Waals surface area contributed by atoms with Gasteiger partial charge in [-0.25, -0.2) is 0 Å². The predicted octanol–water partition coefficient (Wildman–Crippen LogP) is 2.57. The maximum Gasteiger partial charge on any atom is 0.314 e. The van der Waals surface area contributed by atoms with E-state index in [0.29, 0.717) is 18.6 Å². The highest BCUT2D eigenvalue weighted by Gasteiger charge is 2.53. The normalized spacial score (nSPS) is 17.2. The molecule has 0 spiro atoms. The standard InChI is InChI=1S/C11H11BrO3/c1-15-9-6-7(12)2-3-8(9)11(4-5-11)10(13)14/h2-3,6H,4-5H2,1H3,(H,13,14). The molecule has 0 heterocycles. The quantitative estimate of drug-likeness (QED) is 0.919. The van der Waals surface area contributed by atoms with Crippen molar-refractivity contribution < 1.29 is 14.6 Å². The van der Waals surface area contributed by atoms with E-state index in [1.54, 1.807) is 13.2 Å². The first-order valence-corrected chi connectivity index (χ1v) is 5.47. The van der Waals surface area contributed by atoms with Gasteiger partial charge in [0, 0.05) is 10.0 Å². The van der Waals surface area contributed by atoms with Gasteiger partial charge in [-0.1, -0.05) is 22.0 Å². The number of hydrogen-bond acceptors (Lipinski definition) is 2. The van der Waals surface area contributed by atoms with Crippen LogP contribution < -0.4 is 4.74 Å². The fraction of sp³-hybridized carbons (Fsp3) is 0.364. The Labute approximate surface area is 96.2 Å². The lowest BCUT2D eigenvalue weighted by atomic mass is 9.95. The molecule has 1 N–H and O–H groups in total. The second-order valence-corrected chi connectivity index (χ2v) is 4.65. The van der Waals surface area contributed by atoms with E-state index in [0.717, 1.165) is 10.0 Å². The summed E-state index contributed by atoms with van der Waals surface area (Å²) in [6.07, 6.45) is 1.39. The smallest absolute Gasteiger partial charge is 0.314 e. The van der Waals surface area contributed by atoms with E-state index in [2.05, 4.69) is 15.9 Å². The third kappa shape index (κ3) is 1.63. The number of methoxy groups -OCH3 is 1. The summed E-state index contributed by atoms with van der Waals surface area (Å²) in [6, 6.07) is 5.48. The van der Waals surface area contributed by atoms with Crippen molar-refractivity contribution in [1.29, 1.82) is 0 Å². The molecular formula is C11H11BrO3. The molecule has 3 nitrogen and oxygen atoms in total. The minimum Gasteiger partial charge on any atom is -0.496 e. The van der Waals surface area contributed by atoms with E-state index >= 15 is 0 Å². The Hall–Kier alpha value is -1.03. The van der Waals surface area contributed by atoms with Crippen molar-refractivity contribution in [2.45, 2.75) is 18.3 Å². The van der Waals surface area contributed by atoms with Crippen molar-refractivity contribution in [2.75, 3.05) is 7.11 Å². The van der Waals surface area contributed by atoms with Crippen molar-refractivity contribution in [1.82, 2.24) is 0 Å². The topological polar surface area (TPSA) is 46.5 Å². The highest BCUT2D eigenvalue weighted by Crippen LogP contribution is 2.51. The lowest BCUT2D eigenvalue weighted by molar-refractivity contribution is -0.140. The Morgan fingerprint density at radius 3 is 2.67 bits per heavy atom. The Morgan fingerprint density at radius 2 is 2.20 bits per heavy atom. The van der Waals surface area contributed by atoms with Crippen LogP contribution in [0.4, 0.5) is 0 Å². The number of ether oxygens (including phenoxy) is 1. The van der Waals surface area contributed by atoms with Crippen molar-refractivity contribution in [3.8, 4) is 5.75 Å². The summed E-state index contributed by atoms with van der Waals surface area (Å²) in [5.74, 6) is -0.118. The molecule has 1 saturated carbocycles. The van der Waals surface area contributed by atoms with Crippen molar-refractivity contribution in [3.05, 3.63) is 28.2 Å². The van der Waals surface area contributed by atoms with Crippen LogP contribution in [0.15, 0.2) is 22.7 Å². The van der Waals surface area contributed by atoms with Gasteiger partial charge in [-0.05, 0) is 25.0 Å². The maximum atomic E-state index is 11.2. The van der Waals surface area contributed by atoms with Crippen LogP contribution in [0.25, 0.3) is 0 Å². The average molecular weight is 271 g/mol. The van der Waals surface area contributed by atoms with Crippen molar-refractivity contribution >= 4 is 21.9 Å². The molecular weight excluding hydrogens is 260 g/mol. The van der Waals surface area contributed by atoms with E-state index in [-0.39, 0.29) is 0 Å². The molecule has 0 aliphatic heterocycles. The monoisotopic (exact) mass is 270 g/mol. The molecule has 1 aliphatic carbocycles. The summed E-state index contributed by atoms with van der Waals surface area (Å²) < 4.78 is 6.10. The molecule has 0 bridgehead atoms. The van der Waals surface area contributed by atoms with Gasteiger partial charge >= 0.3 is 5.97 Å². The summed E-state index contributed by atoms with van der Waals surface area (Å²) in [5, 5.41) is 9.18. The molecule has 4 heteroatoms. The third-order valence-corrected chi connectivity index (χ3v) is 3.33. The minimum atomic E-state index is -0.761. The number of halogens is 1. The summed E-state index contributed by atoms with van der Waals surface area (Å²) in [4.78, 5) is 11.2. The fourth-order valence-electron chi connectivity index (χ4n) is 1.78. The van der Waals surface area contributed by atoms with Gasteiger partial charge in [-0.3, -0.25) is 4.79 Å². The van der Waals surface area contributed by atoms with E-state index in [9.17, 15) is 9.90 Å². The van der Waals surface area contributed by atoms with Gasteiger partial charge < -0.3 is 9.84 Å². The molecule has 0 unspecified atom stereocenters. The van der Waals surface area contributed by atoms with Crippen LogP contribution in [0, 0.1) is 0 Å². The first kappa shape index (κ1) is 10.5. The Bertz CT molecular complexity index is 410. The third-order valence-electron chi connectivity index (χ3n) is 2.84. The summed E-state index contributed by atoms with van der Waals surface area (Å²) in [7, 11) is 1.56. The summed E-state index contributed by atoms with van der Waals surface area (Å²) in [6.45, 7) is 0. The first-order valence-electron chi connectivity index (χ1n) is 4.67. The van der Waals surface area contributed by atoms with Crippen LogP contribution in [0.3, 0.4) is 0 Å². The van der Waals surface area contributed by atoms with E-state index in [1.807, 2.05) is 12.1 Å².